The highest BCUT2D eigenvalue weighted by Gasteiger charge is 2.33. The van der Waals surface area contributed by atoms with Gasteiger partial charge in [0.1, 0.15) is 23.5 Å². The first-order chi connectivity index (χ1) is 15.5. The van der Waals surface area contributed by atoms with Gasteiger partial charge in [-0.05, 0) is 36.6 Å². The van der Waals surface area contributed by atoms with Crippen LogP contribution >= 0.6 is 11.6 Å². The van der Waals surface area contributed by atoms with Gasteiger partial charge in [0.25, 0.3) is 0 Å². The monoisotopic (exact) mass is 460 g/mol. The fraction of sp³-hybridized carbons (Fsp3) is 0.440. The smallest absolute Gasteiger partial charge is 0.247 e. The van der Waals surface area contributed by atoms with Gasteiger partial charge in [0.15, 0.2) is 0 Å². The molecule has 2 aromatic carbocycles. The Morgan fingerprint density at radius 2 is 1.75 bits per heavy atom. The number of nitrogens with zero attached hydrogens (tertiary/aromatic N) is 1. The van der Waals surface area contributed by atoms with Gasteiger partial charge in [0.05, 0.1) is 13.7 Å². The molecule has 0 aromatic heterocycles. The first kappa shape index (κ1) is 24.1. The first-order valence-electron chi connectivity index (χ1n) is 11.1. The van der Waals surface area contributed by atoms with Crippen LogP contribution in [0.25, 0.3) is 0 Å². The topological polar surface area (TPSA) is 58.6 Å². The normalized spacial score (nSPS) is 15.5. The molecular formula is C25H30ClFN2O3. The Balaban J connectivity index is 1.96. The van der Waals surface area contributed by atoms with Crippen molar-refractivity contribution in [3.63, 3.8) is 0 Å². The zero-order valence-corrected chi connectivity index (χ0v) is 19.1. The van der Waals surface area contributed by atoms with Crippen LogP contribution in [0.2, 0.25) is 0 Å². The van der Waals surface area contributed by atoms with Crippen molar-refractivity contribution in [2.45, 2.75) is 57.2 Å². The van der Waals surface area contributed by atoms with E-state index in [1.165, 1.54) is 29.9 Å². The second-order valence-electron chi connectivity index (χ2n) is 8.12. The van der Waals surface area contributed by atoms with E-state index in [0.29, 0.717) is 11.3 Å². The number of nitrogens with one attached hydrogen (secondary N) is 1. The number of halogens is 2. The predicted molar refractivity (Wildman–Crippen MR) is 123 cm³/mol. The zero-order chi connectivity index (χ0) is 22.9. The van der Waals surface area contributed by atoms with Gasteiger partial charge in [-0.2, -0.15) is 0 Å². The summed E-state index contributed by atoms with van der Waals surface area (Å²) in [5.74, 6) is -0.734. The second-order valence-corrected chi connectivity index (χ2v) is 8.39. The van der Waals surface area contributed by atoms with Crippen molar-refractivity contribution in [2.24, 2.45) is 0 Å². The minimum Gasteiger partial charge on any atom is -0.496 e. The number of benzene rings is 2. The number of amides is 2. The Hall–Kier alpha value is -2.60. The maximum Gasteiger partial charge on any atom is 0.247 e. The molecule has 2 aromatic rings. The first-order valence-corrected chi connectivity index (χ1v) is 11.6. The van der Waals surface area contributed by atoms with E-state index in [-0.39, 0.29) is 30.3 Å². The molecule has 0 radical (unpaired) electrons. The van der Waals surface area contributed by atoms with Crippen LogP contribution in [0, 0.1) is 5.82 Å². The number of alkyl halides is 1. The lowest BCUT2D eigenvalue weighted by Gasteiger charge is -2.32. The summed E-state index contributed by atoms with van der Waals surface area (Å²) in [5.41, 5.74) is 1.29. The maximum absolute atomic E-state index is 13.6. The van der Waals surface area contributed by atoms with Crippen LogP contribution in [0.3, 0.4) is 0 Å². The maximum atomic E-state index is 13.6. The summed E-state index contributed by atoms with van der Waals surface area (Å²) < 4.78 is 19.1. The zero-order valence-electron chi connectivity index (χ0n) is 18.4. The summed E-state index contributed by atoms with van der Waals surface area (Å²) in [6.07, 6.45) is 6.29. The number of methoxy groups -OCH3 is 1. The number of ether oxygens (including phenoxy) is 1. The minimum absolute atomic E-state index is 0.0622. The lowest BCUT2D eigenvalue weighted by atomic mass is 10.0. The molecule has 32 heavy (non-hydrogen) atoms. The molecule has 5 nitrogen and oxygen atoms in total. The molecule has 7 heteroatoms. The number of rotatable bonds is 8. The number of hydrogen-bond donors (Lipinski definition) is 1. The SMILES string of the molecule is COc1ccccc1CN(C(=O)CCl)[C@H](C(=O)NC1CCCCCC1)c1ccc(F)cc1. The fourth-order valence-corrected chi connectivity index (χ4v) is 4.39. The van der Waals surface area contributed by atoms with Crippen molar-refractivity contribution in [2.75, 3.05) is 13.0 Å². The molecule has 1 N–H and O–H groups in total. The molecule has 0 spiro atoms. The summed E-state index contributed by atoms with van der Waals surface area (Å²) in [7, 11) is 1.56. The average Bonchev–Trinajstić information content (AvgIpc) is 3.08. The highest BCUT2D eigenvalue weighted by Crippen LogP contribution is 2.28. The van der Waals surface area contributed by atoms with E-state index in [1.807, 2.05) is 18.2 Å². The van der Waals surface area contributed by atoms with Crippen LogP contribution in [0.4, 0.5) is 4.39 Å². The lowest BCUT2D eigenvalue weighted by molar-refractivity contribution is -0.140. The summed E-state index contributed by atoms with van der Waals surface area (Å²) in [5, 5.41) is 3.14. The average molecular weight is 461 g/mol. The Morgan fingerprint density at radius 1 is 1.09 bits per heavy atom. The Morgan fingerprint density at radius 3 is 2.38 bits per heavy atom. The van der Waals surface area contributed by atoms with Crippen LogP contribution in [-0.2, 0) is 16.1 Å². The largest absolute Gasteiger partial charge is 0.496 e. The van der Waals surface area contributed by atoms with Gasteiger partial charge >= 0.3 is 0 Å². The third-order valence-electron chi connectivity index (χ3n) is 5.92. The molecule has 1 aliphatic carbocycles. The second kappa shape index (κ2) is 11.9. The predicted octanol–water partition coefficient (Wildman–Crippen LogP) is 4.98. The Kier molecular flexibility index (Phi) is 8.91. The van der Waals surface area contributed by atoms with E-state index in [2.05, 4.69) is 5.32 Å². The van der Waals surface area contributed by atoms with Crippen LogP contribution in [0.5, 0.6) is 5.75 Å². The third kappa shape index (κ3) is 6.22. The van der Waals surface area contributed by atoms with Crippen molar-refractivity contribution in [3.05, 3.63) is 65.5 Å². The lowest BCUT2D eigenvalue weighted by Crippen LogP contribution is -2.46. The summed E-state index contributed by atoms with van der Waals surface area (Å²) in [6.45, 7) is 0.135. The third-order valence-corrected chi connectivity index (χ3v) is 6.14. The highest BCUT2D eigenvalue weighted by molar-refractivity contribution is 6.27. The van der Waals surface area contributed by atoms with E-state index >= 15 is 0 Å². The number of carbonyl (C=O) groups excluding carboxylic acids is 2. The number of para-hydroxylation sites is 1. The molecule has 0 bridgehead atoms. The van der Waals surface area contributed by atoms with Crippen molar-refractivity contribution in [1.82, 2.24) is 10.2 Å². The van der Waals surface area contributed by atoms with Crippen LogP contribution < -0.4 is 10.1 Å². The Bertz CT molecular complexity index is 898. The Labute approximate surface area is 193 Å². The standard InChI is InChI=1S/C25H30ClFN2O3/c1-32-22-11-7-6-8-19(22)17-29(23(30)16-26)24(18-12-14-20(27)15-13-18)25(31)28-21-9-4-2-3-5-10-21/h6-8,11-15,21,24H,2-5,9-10,16-17H2,1H3,(H,28,31)/t24-/m0/s1. The highest BCUT2D eigenvalue weighted by atomic mass is 35.5. The van der Waals surface area contributed by atoms with Gasteiger partial charge in [-0.15, -0.1) is 11.6 Å². The fourth-order valence-electron chi connectivity index (χ4n) is 4.24. The molecule has 3 rings (SSSR count). The van der Waals surface area contributed by atoms with Crippen molar-refractivity contribution in [1.29, 1.82) is 0 Å². The van der Waals surface area contributed by atoms with E-state index in [4.69, 9.17) is 16.3 Å². The van der Waals surface area contributed by atoms with E-state index < -0.39 is 11.9 Å². The van der Waals surface area contributed by atoms with Gasteiger partial charge in [0, 0.05) is 11.6 Å². The van der Waals surface area contributed by atoms with Crippen LogP contribution in [-0.4, -0.2) is 35.7 Å². The molecule has 1 atom stereocenters. The molecule has 0 heterocycles. The molecule has 1 saturated carbocycles. The van der Waals surface area contributed by atoms with Crippen molar-refractivity contribution in [3.8, 4) is 5.75 Å². The van der Waals surface area contributed by atoms with Crippen LogP contribution in [0.15, 0.2) is 48.5 Å². The summed E-state index contributed by atoms with van der Waals surface area (Å²) in [4.78, 5) is 27.9. The van der Waals surface area contributed by atoms with E-state index in [9.17, 15) is 14.0 Å². The molecule has 0 unspecified atom stereocenters. The molecular weight excluding hydrogens is 431 g/mol. The minimum atomic E-state index is -0.935. The molecule has 172 valence electrons. The van der Waals surface area contributed by atoms with Gasteiger partial charge < -0.3 is 15.0 Å². The number of carbonyl (C=O) groups is 2. The van der Waals surface area contributed by atoms with E-state index in [0.717, 1.165) is 31.2 Å². The van der Waals surface area contributed by atoms with Gasteiger partial charge in [-0.25, -0.2) is 4.39 Å². The van der Waals surface area contributed by atoms with Crippen molar-refractivity contribution >= 4 is 23.4 Å². The van der Waals surface area contributed by atoms with Gasteiger partial charge in [0.2, 0.25) is 11.8 Å². The molecule has 1 aliphatic rings. The molecule has 0 aliphatic heterocycles. The van der Waals surface area contributed by atoms with Crippen LogP contribution in [0.1, 0.15) is 55.7 Å². The molecule has 2 amide bonds. The number of hydrogen-bond acceptors (Lipinski definition) is 3. The van der Waals surface area contributed by atoms with Gasteiger partial charge in [-0.3, -0.25) is 9.59 Å². The molecule has 0 saturated heterocycles. The van der Waals surface area contributed by atoms with Gasteiger partial charge in [-0.1, -0.05) is 56.0 Å². The van der Waals surface area contributed by atoms with E-state index in [1.54, 1.807) is 25.3 Å². The quantitative estimate of drug-likeness (QED) is 0.446. The summed E-state index contributed by atoms with van der Waals surface area (Å²) >= 11 is 5.95. The molecule has 1 fully saturated rings. The summed E-state index contributed by atoms with van der Waals surface area (Å²) in [6, 6.07) is 12.2. The van der Waals surface area contributed by atoms with Crippen molar-refractivity contribution < 1.29 is 18.7 Å².